The molecule has 0 aliphatic carbocycles. The van der Waals surface area contributed by atoms with Crippen molar-refractivity contribution < 1.29 is 14.3 Å². The third-order valence-corrected chi connectivity index (χ3v) is 2.84. The Morgan fingerprint density at radius 3 is 3.11 bits per heavy atom. The lowest BCUT2D eigenvalue weighted by molar-refractivity contribution is -0.139. The van der Waals surface area contributed by atoms with Crippen molar-refractivity contribution in [1.29, 1.82) is 0 Å². The number of nitrogens with zero attached hydrogens (tertiary/aromatic N) is 2. The van der Waals surface area contributed by atoms with Crippen molar-refractivity contribution in [3.05, 3.63) is 30.6 Å². The van der Waals surface area contributed by atoms with Crippen LogP contribution in [0.3, 0.4) is 0 Å². The van der Waals surface area contributed by atoms with E-state index in [2.05, 4.69) is 10.3 Å². The summed E-state index contributed by atoms with van der Waals surface area (Å²) in [6.45, 7) is 0. The smallest absolute Gasteiger partial charge is 0.267 e. The number of ether oxygens (including phenoxy) is 1. The minimum atomic E-state index is -0.629. The van der Waals surface area contributed by atoms with Gasteiger partial charge in [0.05, 0.1) is 0 Å². The minimum absolute atomic E-state index is 0.249. The fraction of sp³-hybridized carbons (Fsp3) is 0.250. The second kappa shape index (κ2) is 4.14. The number of imide groups is 1. The first-order valence-electron chi connectivity index (χ1n) is 5.66. The van der Waals surface area contributed by atoms with E-state index in [4.69, 9.17) is 4.74 Å². The van der Waals surface area contributed by atoms with E-state index in [9.17, 15) is 9.59 Å². The first kappa shape index (κ1) is 10.8. The standard InChI is InChI=1S/C12H11N3O3/c16-10-5-4-8(12(17)14-10)18-11-3-1-2-9-13-6-7-15(9)11/h1-3,6-8H,4-5H2,(H,14,16,17). The lowest BCUT2D eigenvalue weighted by atomic mass is 10.1. The Hall–Kier alpha value is -2.37. The summed E-state index contributed by atoms with van der Waals surface area (Å²) in [5.41, 5.74) is 0.750. The van der Waals surface area contributed by atoms with Crippen molar-refractivity contribution in [2.24, 2.45) is 0 Å². The maximum Gasteiger partial charge on any atom is 0.267 e. The highest BCUT2D eigenvalue weighted by molar-refractivity contribution is 5.99. The molecular formula is C12H11N3O3. The molecular weight excluding hydrogens is 234 g/mol. The number of aromatic nitrogens is 2. The molecule has 3 heterocycles. The first-order valence-corrected chi connectivity index (χ1v) is 5.66. The maximum atomic E-state index is 11.6. The zero-order valence-corrected chi connectivity index (χ0v) is 9.50. The molecule has 3 rings (SSSR count). The number of hydrogen-bond donors (Lipinski definition) is 1. The van der Waals surface area contributed by atoms with E-state index in [-0.39, 0.29) is 11.8 Å². The molecule has 0 aromatic carbocycles. The summed E-state index contributed by atoms with van der Waals surface area (Å²) in [4.78, 5) is 26.8. The SMILES string of the molecule is O=C1CCC(Oc2cccc3nccn23)C(=O)N1. The Labute approximate surface area is 103 Å². The van der Waals surface area contributed by atoms with Gasteiger partial charge in [-0.1, -0.05) is 6.07 Å². The molecule has 1 saturated heterocycles. The fourth-order valence-corrected chi connectivity index (χ4v) is 1.95. The number of amides is 2. The average Bonchev–Trinajstić information content (AvgIpc) is 2.82. The van der Waals surface area contributed by atoms with Gasteiger partial charge in [0.15, 0.2) is 12.0 Å². The lowest BCUT2D eigenvalue weighted by Gasteiger charge is -2.22. The van der Waals surface area contributed by atoms with Crippen molar-refractivity contribution in [2.75, 3.05) is 0 Å². The predicted octanol–water partition coefficient (Wildman–Crippen LogP) is 0.518. The van der Waals surface area contributed by atoms with Crippen molar-refractivity contribution in [1.82, 2.24) is 14.7 Å². The molecule has 2 aromatic heterocycles. The molecule has 92 valence electrons. The normalized spacial score (nSPS) is 19.9. The third kappa shape index (κ3) is 1.81. The first-order chi connectivity index (χ1) is 8.74. The zero-order chi connectivity index (χ0) is 12.5. The highest BCUT2D eigenvalue weighted by Crippen LogP contribution is 2.18. The molecule has 18 heavy (non-hydrogen) atoms. The molecule has 0 radical (unpaired) electrons. The Bertz CT molecular complexity index is 620. The topological polar surface area (TPSA) is 72.7 Å². The molecule has 2 amide bonds. The molecule has 6 nitrogen and oxygen atoms in total. The number of rotatable bonds is 2. The summed E-state index contributed by atoms with van der Waals surface area (Å²) in [6.07, 6.45) is 3.49. The minimum Gasteiger partial charge on any atom is -0.465 e. The van der Waals surface area contributed by atoms with Crippen LogP contribution >= 0.6 is 0 Å². The third-order valence-electron chi connectivity index (χ3n) is 2.84. The van der Waals surface area contributed by atoms with Crippen LogP contribution in [0.1, 0.15) is 12.8 Å². The average molecular weight is 245 g/mol. The van der Waals surface area contributed by atoms with Crippen molar-refractivity contribution >= 4 is 17.5 Å². The van der Waals surface area contributed by atoms with Crippen LogP contribution in [0.5, 0.6) is 5.88 Å². The van der Waals surface area contributed by atoms with E-state index >= 15 is 0 Å². The monoisotopic (exact) mass is 245 g/mol. The highest BCUT2D eigenvalue weighted by Gasteiger charge is 2.28. The van der Waals surface area contributed by atoms with Gasteiger partial charge >= 0.3 is 0 Å². The summed E-state index contributed by atoms with van der Waals surface area (Å²) in [5, 5.41) is 2.26. The van der Waals surface area contributed by atoms with Crippen molar-refractivity contribution in [2.45, 2.75) is 18.9 Å². The molecule has 0 bridgehead atoms. The van der Waals surface area contributed by atoms with Gasteiger partial charge in [-0.3, -0.25) is 19.3 Å². The molecule has 1 aliphatic rings. The molecule has 1 fully saturated rings. The number of piperidine rings is 1. The molecule has 2 aromatic rings. The van der Waals surface area contributed by atoms with Gasteiger partial charge < -0.3 is 4.74 Å². The van der Waals surface area contributed by atoms with Crippen LogP contribution in [-0.4, -0.2) is 27.3 Å². The van der Waals surface area contributed by atoms with Gasteiger partial charge in [0.1, 0.15) is 5.65 Å². The molecule has 1 N–H and O–H groups in total. The number of carbonyl (C=O) groups is 2. The second-order valence-corrected chi connectivity index (χ2v) is 4.08. The number of nitrogens with one attached hydrogen (secondary N) is 1. The number of hydrogen-bond acceptors (Lipinski definition) is 4. The van der Waals surface area contributed by atoms with Crippen LogP contribution in [-0.2, 0) is 9.59 Å². The van der Waals surface area contributed by atoms with E-state index in [1.54, 1.807) is 22.9 Å². The Morgan fingerprint density at radius 1 is 1.39 bits per heavy atom. The van der Waals surface area contributed by atoms with Crippen LogP contribution in [0.2, 0.25) is 0 Å². The van der Waals surface area contributed by atoms with Gasteiger partial charge in [0.25, 0.3) is 5.91 Å². The molecule has 0 spiro atoms. The van der Waals surface area contributed by atoms with Gasteiger partial charge in [-0.05, 0) is 12.1 Å². The van der Waals surface area contributed by atoms with E-state index in [0.717, 1.165) is 5.65 Å². The van der Waals surface area contributed by atoms with E-state index in [0.29, 0.717) is 18.7 Å². The van der Waals surface area contributed by atoms with Crippen LogP contribution in [0.4, 0.5) is 0 Å². The van der Waals surface area contributed by atoms with Crippen LogP contribution < -0.4 is 10.1 Å². The summed E-state index contributed by atoms with van der Waals surface area (Å²) in [5.74, 6) is -0.0939. The van der Waals surface area contributed by atoms with Gasteiger partial charge in [0.2, 0.25) is 5.91 Å². The summed E-state index contributed by atoms with van der Waals surface area (Å²) >= 11 is 0. The summed E-state index contributed by atoms with van der Waals surface area (Å²) in [7, 11) is 0. The molecule has 1 unspecified atom stereocenters. The quantitative estimate of drug-likeness (QED) is 0.783. The van der Waals surface area contributed by atoms with Crippen LogP contribution in [0, 0.1) is 0 Å². The molecule has 1 atom stereocenters. The molecule has 1 aliphatic heterocycles. The molecule has 6 heteroatoms. The van der Waals surface area contributed by atoms with E-state index in [1.165, 1.54) is 0 Å². The Kier molecular flexibility index (Phi) is 2.47. The molecule has 0 saturated carbocycles. The highest BCUT2D eigenvalue weighted by atomic mass is 16.5. The number of imidazole rings is 1. The van der Waals surface area contributed by atoms with Gasteiger partial charge in [0, 0.05) is 25.2 Å². The zero-order valence-electron chi connectivity index (χ0n) is 9.50. The Balaban J connectivity index is 1.86. The maximum absolute atomic E-state index is 11.6. The van der Waals surface area contributed by atoms with Crippen molar-refractivity contribution in [3.63, 3.8) is 0 Å². The number of carbonyl (C=O) groups excluding carboxylic acids is 2. The van der Waals surface area contributed by atoms with Gasteiger partial charge in [-0.15, -0.1) is 0 Å². The van der Waals surface area contributed by atoms with Crippen molar-refractivity contribution in [3.8, 4) is 5.88 Å². The number of pyridine rings is 1. The van der Waals surface area contributed by atoms with Crippen LogP contribution in [0.15, 0.2) is 30.6 Å². The van der Waals surface area contributed by atoms with E-state index < -0.39 is 6.10 Å². The summed E-state index contributed by atoms with van der Waals surface area (Å²) in [6, 6.07) is 5.42. The second-order valence-electron chi connectivity index (χ2n) is 4.08. The fourth-order valence-electron chi connectivity index (χ4n) is 1.95. The largest absolute Gasteiger partial charge is 0.465 e. The van der Waals surface area contributed by atoms with Gasteiger partial charge in [-0.25, -0.2) is 4.98 Å². The summed E-state index contributed by atoms with van der Waals surface area (Å²) < 4.78 is 7.40. The van der Waals surface area contributed by atoms with Gasteiger partial charge in [-0.2, -0.15) is 0 Å². The lowest BCUT2D eigenvalue weighted by Crippen LogP contribution is -2.46. The Morgan fingerprint density at radius 2 is 2.28 bits per heavy atom. The predicted molar refractivity (Wildman–Crippen MR) is 62.0 cm³/mol. The van der Waals surface area contributed by atoms with Crippen LogP contribution in [0.25, 0.3) is 5.65 Å². The number of fused-ring (bicyclic) bond motifs is 1. The van der Waals surface area contributed by atoms with E-state index in [1.807, 2.05) is 12.1 Å².